The van der Waals surface area contributed by atoms with Gasteiger partial charge in [0, 0.05) is 23.7 Å². The largest absolute Gasteiger partial charge is 0.292 e. The van der Waals surface area contributed by atoms with Gasteiger partial charge >= 0.3 is 0 Å². The Morgan fingerprint density at radius 3 is 2.12 bits per heavy atom. The van der Waals surface area contributed by atoms with Crippen LogP contribution in [0.2, 0.25) is 0 Å². The lowest BCUT2D eigenvalue weighted by Gasteiger charge is -2.12. The third-order valence-corrected chi connectivity index (χ3v) is 6.38. The Morgan fingerprint density at radius 1 is 0.758 bits per heavy atom. The number of Topliss-reactive ketones (excluding diaryl/α,β-unsaturated/α-hetero) is 1. The summed E-state index contributed by atoms with van der Waals surface area (Å²) in [6.45, 7) is 0. The molecule has 0 saturated heterocycles. The molecule has 3 aromatic carbocycles. The molecule has 0 spiro atoms. The number of sulfonamides is 1. The highest BCUT2D eigenvalue weighted by atomic mass is 32.2. The first-order valence-corrected chi connectivity index (χ1v) is 11.7. The first-order chi connectivity index (χ1) is 15.9. The molecule has 1 heterocycles. The Hall–Kier alpha value is -4.10. The molecule has 0 radical (unpaired) electrons. The number of pyridine rings is 1. The fraction of sp³-hybridized carbons (Fsp3) is 0.0385. The van der Waals surface area contributed by atoms with E-state index in [1.165, 1.54) is 12.1 Å². The number of anilines is 1. The molecule has 6 nitrogen and oxygen atoms in total. The van der Waals surface area contributed by atoms with E-state index in [0.29, 0.717) is 16.8 Å². The zero-order chi connectivity index (χ0) is 23.3. The first kappa shape index (κ1) is 22.1. The van der Waals surface area contributed by atoms with Crippen molar-refractivity contribution in [2.24, 2.45) is 0 Å². The van der Waals surface area contributed by atoms with E-state index in [0.717, 1.165) is 0 Å². The van der Waals surface area contributed by atoms with Crippen LogP contribution in [0.4, 0.5) is 5.69 Å². The summed E-state index contributed by atoms with van der Waals surface area (Å²) < 4.78 is 28.5. The third-order valence-electron chi connectivity index (χ3n) is 5.00. The highest BCUT2D eigenvalue weighted by Crippen LogP contribution is 2.23. The predicted molar refractivity (Wildman–Crippen MR) is 126 cm³/mol. The number of nitrogens with one attached hydrogen (secondary N) is 1. The van der Waals surface area contributed by atoms with E-state index in [1.807, 2.05) is 0 Å². The van der Waals surface area contributed by atoms with Crippen LogP contribution in [0.1, 0.15) is 32.0 Å². The number of nitrogens with zero attached hydrogens (tertiary/aromatic N) is 1. The maximum atomic E-state index is 13.0. The zero-order valence-corrected chi connectivity index (χ0v) is 18.3. The van der Waals surface area contributed by atoms with Crippen LogP contribution in [0.3, 0.4) is 0 Å². The van der Waals surface area contributed by atoms with Gasteiger partial charge in [0.2, 0.25) is 0 Å². The van der Waals surface area contributed by atoms with Gasteiger partial charge in [-0.2, -0.15) is 0 Å². The Morgan fingerprint density at radius 2 is 1.42 bits per heavy atom. The summed E-state index contributed by atoms with van der Waals surface area (Å²) in [5.41, 5.74) is 1.94. The fourth-order valence-corrected chi connectivity index (χ4v) is 4.39. The van der Waals surface area contributed by atoms with E-state index in [9.17, 15) is 18.0 Å². The van der Waals surface area contributed by atoms with Crippen molar-refractivity contribution in [3.05, 3.63) is 126 Å². The normalized spacial score (nSPS) is 11.0. The molecule has 1 N–H and O–H groups in total. The van der Waals surface area contributed by atoms with Crippen LogP contribution in [0, 0.1) is 0 Å². The van der Waals surface area contributed by atoms with Gasteiger partial charge in [0.1, 0.15) is 5.69 Å². The summed E-state index contributed by atoms with van der Waals surface area (Å²) in [7, 11) is -3.95. The lowest BCUT2D eigenvalue weighted by molar-refractivity contribution is 0.0987. The molecular weight excluding hydrogens is 436 g/mol. The highest BCUT2D eigenvalue weighted by molar-refractivity contribution is 7.92. The van der Waals surface area contributed by atoms with Crippen molar-refractivity contribution < 1.29 is 18.0 Å². The van der Waals surface area contributed by atoms with Gasteiger partial charge in [-0.15, -0.1) is 0 Å². The molecule has 0 fully saturated rings. The Bertz CT molecular complexity index is 1390. The molecule has 0 atom stereocenters. The van der Waals surface area contributed by atoms with Gasteiger partial charge in [-0.25, -0.2) is 8.42 Å². The standard InChI is InChI=1S/C26H20N2O4S/c29-25(24-12-6-7-17-27-24)18-19-13-15-21(16-14-19)33(31,32)28-23-11-5-4-10-22(23)26(30)20-8-2-1-3-9-20/h1-17,28H,18H2. The van der Waals surface area contributed by atoms with Gasteiger partial charge in [-0.1, -0.05) is 60.7 Å². The lowest BCUT2D eigenvalue weighted by Crippen LogP contribution is -2.16. The highest BCUT2D eigenvalue weighted by Gasteiger charge is 2.19. The number of aromatic nitrogens is 1. The van der Waals surface area contributed by atoms with Crippen LogP contribution in [0.5, 0.6) is 0 Å². The minimum atomic E-state index is -3.95. The fourth-order valence-electron chi connectivity index (χ4n) is 3.31. The number of rotatable bonds is 8. The molecule has 0 aliphatic rings. The van der Waals surface area contributed by atoms with E-state index in [4.69, 9.17) is 0 Å². The van der Waals surface area contributed by atoms with Gasteiger partial charge in [0.05, 0.1) is 10.6 Å². The van der Waals surface area contributed by atoms with Crippen molar-refractivity contribution in [3.63, 3.8) is 0 Å². The molecule has 0 unspecified atom stereocenters. The van der Waals surface area contributed by atoms with E-state index in [1.54, 1.807) is 91.1 Å². The van der Waals surface area contributed by atoms with E-state index in [-0.39, 0.29) is 34.1 Å². The van der Waals surface area contributed by atoms with Crippen LogP contribution in [0.15, 0.2) is 108 Å². The van der Waals surface area contributed by atoms with E-state index in [2.05, 4.69) is 9.71 Å². The number of ketones is 2. The topological polar surface area (TPSA) is 93.2 Å². The number of hydrogen-bond donors (Lipinski definition) is 1. The van der Waals surface area contributed by atoms with E-state index >= 15 is 0 Å². The summed E-state index contributed by atoms with van der Waals surface area (Å²) in [4.78, 5) is 29.3. The molecule has 0 aliphatic heterocycles. The molecule has 0 bridgehead atoms. The number of carbonyl (C=O) groups excluding carboxylic acids is 2. The quantitative estimate of drug-likeness (QED) is 0.393. The molecule has 0 aliphatic carbocycles. The Balaban J connectivity index is 1.53. The van der Waals surface area contributed by atoms with Crippen molar-refractivity contribution in [3.8, 4) is 0 Å². The van der Waals surface area contributed by atoms with Crippen molar-refractivity contribution >= 4 is 27.3 Å². The Labute approximate surface area is 192 Å². The SMILES string of the molecule is O=C(Cc1ccc(S(=O)(=O)Nc2ccccc2C(=O)c2ccccc2)cc1)c1ccccn1. The predicted octanol–water partition coefficient (Wildman–Crippen LogP) is 4.54. The summed E-state index contributed by atoms with van der Waals surface area (Å²) in [5, 5.41) is 0. The van der Waals surface area contributed by atoms with Crippen LogP contribution >= 0.6 is 0 Å². The van der Waals surface area contributed by atoms with Crippen LogP contribution in [0.25, 0.3) is 0 Å². The minimum absolute atomic E-state index is 0.0264. The van der Waals surface area contributed by atoms with E-state index < -0.39 is 10.0 Å². The van der Waals surface area contributed by atoms with Gasteiger partial charge in [-0.05, 0) is 42.0 Å². The summed E-state index contributed by atoms with van der Waals surface area (Å²) in [5.74, 6) is -0.435. The molecule has 0 amide bonds. The molecule has 0 saturated carbocycles. The maximum Gasteiger partial charge on any atom is 0.261 e. The van der Waals surface area contributed by atoms with Crippen molar-refractivity contribution in [2.45, 2.75) is 11.3 Å². The second kappa shape index (κ2) is 9.58. The minimum Gasteiger partial charge on any atom is -0.292 e. The van der Waals surface area contributed by atoms with Gasteiger partial charge in [0.15, 0.2) is 11.6 Å². The van der Waals surface area contributed by atoms with Gasteiger partial charge < -0.3 is 0 Å². The van der Waals surface area contributed by atoms with Crippen molar-refractivity contribution in [2.75, 3.05) is 4.72 Å². The van der Waals surface area contributed by atoms with Crippen molar-refractivity contribution in [1.82, 2.24) is 4.98 Å². The van der Waals surface area contributed by atoms with Gasteiger partial charge in [0.25, 0.3) is 10.0 Å². The molecule has 4 aromatic rings. The molecule has 7 heteroatoms. The molecule has 33 heavy (non-hydrogen) atoms. The number of para-hydroxylation sites is 1. The summed E-state index contributed by atoms with van der Waals surface area (Å²) >= 11 is 0. The smallest absolute Gasteiger partial charge is 0.261 e. The maximum absolute atomic E-state index is 13.0. The first-order valence-electron chi connectivity index (χ1n) is 10.2. The number of hydrogen-bond acceptors (Lipinski definition) is 5. The number of carbonyl (C=O) groups is 2. The second-order valence-electron chi connectivity index (χ2n) is 7.31. The third kappa shape index (κ3) is 5.22. The summed E-state index contributed by atoms with van der Waals surface area (Å²) in [6.07, 6.45) is 1.66. The van der Waals surface area contributed by atoms with Crippen molar-refractivity contribution in [1.29, 1.82) is 0 Å². The molecule has 4 rings (SSSR count). The monoisotopic (exact) mass is 456 g/mol. The summed E-state index contributed by atoms with van der Waals surface area (Å²) in [6, 6.07) is 26.3. The zero-order valence-electron chi connectivity index (χ0n) is 17.5. The number of benzene rings is 3. The lowest BCUT2D eigenvalue weighted by atomic mass is 10.0. The second-order valence-corrected chi connectivity index (χ2v) is 8.99. The Kier molecular flexibility index (Phi) is 6.42. The van der Waals surface area contributed by atoms with Gasteiger partial charge in [-0.3, -0.25) is 19.3 Å². The van der Waals surface area contributed by atoms with Crippen LogP contribution in [-0.4, -0.2) is 25.0 Å². The molecule has 164 valence electrons. The molecular formula is C26H20N2O4S. The average molecular weight is 457 g/mol. The van der Waals surface area contributed by atoms with Crippen LogP contribution < -0.4 is 4.72 Å². The molecule has 1 aromatic heterocycles. The van der Waals surface area contributed by atoms with Crippen LogP contribution in [-0.2, 0) is 16.4 Å². The average Bonchev–Trinajstić information content (AvgIpc) is 2.85.